The molecule has 0 spiro atoms. The number of benzene rings is 2. The van der Waals surface area contributed by atoms with E-state index in [1.807, 2.05) is 26.0 Å². The smallest absolute Gasteiger partial charge is 0.257 e. The van der Waals surface area contributed by atoms with Crippen molar-refractivity contribution in [2.75, 3.05) is 19.5 Å². The van der Waals surface area contributed by atoms with Crippen molar-refractivity contribution in [3.8, 4) is 11.5 Å². The Kier molecular flexibility index (Phi) is 6.59. The summed E-state index contributed by atoms with van der Waals surface area (Å²) in [5, 5.41) is 5.88. The molecule has 0 aliphatic heterocycles. The molecular formula is C22H23N5O3. The highest BCUT2D eigenvalue weighted by molar-refractivity contribution is 6.10. The van der Waals surface area contributed by atoms with Crippen LogP contribution in [0.5, 0.6) is 11.5 Å². The van der Waals surface area contributed by atoms with Crippen molar-refractivity contribution in [1.82, 2.24) is 15.3 Å². The van der Waals surface area contributed by atoms with Gasteiger partial charge in [-0.15, -0.1) is 0 Å². The summed E-state index contributed by atoms with van der Waals surface area (Å²) in [6, 6.07) is 16.0. The van der Waals surface area contributed by atoms with Gasteiger partial charge in [0.15, 0.2) is 0 Å². The number of guanidine groups is 1. The van der Waals surface area contributed by atoms with Gasteiger partial charge in [0.2, 0.25) is 5.96 Å². The fourth-order valence-electron chi connectivity index (χ4n) is 2.74. The predicted octanol–water partition coefficient (Wildman–Crippen LogP) is 3.64. The average Bonchev–Trinajstić information content (AvgIpc) is 2.73. The van der Waals surface area contributed by atoms with Crippen molar-refractivity contribution < 1.29 is 14.3 Å². The maximum atomic E-state index is 12.7. The van der Waals surface area contributed by atoms with Crippen LogP contribution in [0.4, 0.5) is 11.6 Å². The van der Waals surface area contributed by atoms with Gasteiger partial charge in [0.1, 0.15) is 11.5 Å². The summed E-state index contributed by atoms with van der Waals surface area (Å²) < 4.78 is 10.7. The summed E-state index contributed by atoms with van der Waals surface area (Å²) in [5.74, 6) is 1.24. The minimum atomic E-state index is -0.321. The van der Waals surface area contributed by atoms with Crippen LogP contribution in [-0.2, 0) is 0 Å². The van der Waals surface area contributed by atoms with Gasteiger partial charge < -0.3 is 14.8 Å². The van der Waals surface area contributed by atoms with E-state index < -0.39 is 0 Å². The summed E-state index contributed by atoms with van der Waals surface area (Å²) >= 11 is 0. The zero-order valence-corrected chi connectivity index (χ0v) is 17.3. The van der Waals surface area contributed by atoms with Gasteiger partial charge in [-0.2, -0.15) is 4.99 Å². The molecule has 30 heavy (non-hydrogen) atoms. The monoisotopic (exact) mass is 405 g/mol. The second-order valence-electron chi connectivity index (χ2n) is 6.42. The number of amides is 1. The van der Waals surface area contributed by atoms with Crippen LogP contribution in [0, 0.1) is 13.8 Å². The number of aryl methyl sites for hydroxylation is 2. The minimum absolute atomic E-state index is 0.164. The summed E-state index contributed by atoms with van der Waals surface area (Å²) in [4.78, 5) is 25.8. The zero-order chi connectivity index (χ0) is 21.5. The van der Waals surface area contributed by atoms with Gasteiger partial charge in [-0.1, -0.05) is 18.2 Å². The number of aliphatic imine (C=N–C) groups is 1. The third-order valence-electron chi connectivity index (χ3n) is 4.11. The molecule has 2 N–H and O–H groups in total. The van der Waals surface area contributed by atoms with Crippen LogP contribution < -0.4 is 20.1 Å². The van der Waals surface area contributed by atoms with Crippen LogP contribution in [0.3, 0.4) is 0 Å². The lowest BCUT2D eigenvalue weighted by Gasteiger charge is -2.15. The fourth-order valence-corrected chi connectivity index (χ4v) is 2.74. The van der Waals surface area contributed by atoms with E-state index in [0.717, 1.165) is 11.4 Å². The normalized spacial score (nSPS) is 11.0. The number of aromatic nitrogens is 2. The Hall–Kier alpha value is -3.94. The number of nitrogens with zero attached hydrogens (tertiary/aromatic N) is 3. The molecule has 2 aromatic carbocycles. The Bertz CT molecular complexity index is 1050. The third-order valence-corrected chi connectivity index (χ3v) is 4.11. The van der Waals surface area contributed by atoms with Crippen molar-refractivity contribution in [1.29, 1.82) is 0 Å². The van der Waals surface area contributed by atoms with Gasteiger partial charge in [-0.25, -0.2) is 9.97 Å². The van der Waals surface area contributed by atoms with E-state index in [1.54, 1.807) is 56.7 Å². The van der Waals surface area contributed by atoms with Crippen LogP contribution in [0.25, 0.3) is 0 Å². The van der Waals surface area contributed by atoms with Gasteiger partial charge in [0, 0.05) is 23.0 Å². The zero-order valence-electron chi connectivity index (χ0n) is 17.3. The Labute approximate surface area is 175 Å². The van der Waals surface area contributed by atoms with E-state index in [0.29, 0.717) is 22.7 Å². The molecule has 1 aromatic heterocycles. The van der Waals surface area contributed by atoms with E-state index in [9.17, 15) is 4.79 Å². The summed E-state index contributed by atoms with van der Waals surface area (Å²) in [5.41, 5.74) is 2.64. The SMILES string of the molecule is COc1ccc(NC(=Nc2nc(C)cc(C)n2)NC(=O)c2ccccc2)c(OC)c1. The van der Waals surface area contributed by atoms with Crippen LogP contribution >= 0.6 is 0 Å². The van der Waals surface area contributed by atoms with Gasteiger partial charge in [-0.3, -0.25) is 10.1 Å². The number of nitrogens with one attached hydrogen (secondary N) is 2. The highest BCUT2D eigenvalue weighted by Gasteiger charge is 2.13. The minimum Gasteiger partial charge on any atom is -0.497 e. The lowest BCUT2D eigenvalue weighted by Crippen LogP contribution is -2.36. The van der Waals surface area contributed by atoms with E-state index in [1.165, 1.54) is 0 Å². The Morgan fingerprint density at radius 1 is 0.933 bits per heavy atom. The van der Waals surface area contributed by atoms with Crippen LogP contribution in [0.1, 0.15) is 21.7 Å². The molecule has 3 rings (SSSR count). The molecule has 8 nitrogen and oxygen atoms in total. The lowest BCUT2D eigenvalue weighted by atomic mass is 10.2. The Morgan fingerprint density at radius 3 is 2.27 bits per heavy atom. The van der Waals surface area contributed by atoms with Crippen molar-refractivity contribution in [2.24, 2.45) is 4.99 Å². The van der Waals surface area contributed by atoms with Gasteiger partial charge in [0.05, 0.1) is 19.9 Å². The molecule has 0 aliphatic rings. The Balaban J connectivity index is 1.97. The molecule has 8 heteroatoms. The third kappa shape index (κ3) is 5.32. The lowest BCUT2D eigenvalue weighted by molar-refractivity contribution is 0.0977. The molecule has 0 fully saturated rings. The number of methoxy groups -OCH3 is 2. The van der Waals surface area contributed by atoms with E-state index >= 15 is 0 Å². The number of ether oxygens (including phenoxy) is 2. The van der Waals surface area contributed by atoms with Crippen LogP contribution in [0.15, 0.2) is 59.6 Å². The highest BCUT2D eigenvalue weighted by atomic mass is 16.5. The molecular weight excluding hydrogens is 382 g/mol. The van der Waals surface area contributed by atoms with Crippen LogP contribution in [0.2, 0.25) is 0 Å². The number of hydrogen-bond acceptors (Lipinski definition) is 6. The summed E-state index contributed by atoms with van der Waals surface area (Å²) in [7, 11) is 3.12. The molecule has 154 valence electrons. The predicted molar refractivity (Wildman–Crippen MR) is 116 cm³/mol. The molecule has 1 amide bonds. The molecule has 0 atom stereocenters. The molecule has 0 bridgehead atoms. The van der Waals surface area contributed by atoms with Crippen molar-refractivity contribution in [3.63, 3.8) is 0 Å². The topological polar surface area (TPSA) is 97.7 Å². The first kappa shape index (κ1) is 20.8. The fraction of sp³-hybridized carbons (Fsp3) is 0.182. The largest absolute Gasteiger partial charge is 0.497 e. The number of carbonyl (C=O) groups excluding carboxylic acids is 1. The van der Waals surface area contributed by atoms with Gasteiger partial charge in [-0.05, 0) is 44.2 Å². The van der Waals surface area contributed by atoms with E-state index in [2.05, 4.69) is 25.6 Å². The maximum Gasteiger partial charge on any atom is 0.257 e. The molecule has 1 heterocycles. The molecule has 0 saturated carbocycles. The summed E-state index contributed by atoms with van der Waals surface area (Å²) in [6.07, 6.45) is 0. The number of rotatable bonds is 5. The van der Waals surface area contributed by atoms with Gasteiger partial charge in [0.25, 0.3) is 11.9 Å². The number of anilines is 1. The maximum absolute atomic E-state index is 12.7. The second-order valence-corrected chi connectivity index (χ2v) is 6.42. The van der Waals surface area contributed by atoms with Crippen molar-refractivity contribution in [2.45, 2.75) is 13.8 Å². The first-order chi connectivity index (χ1) is 14.5. The second kappa shape index (κ2) is 9.51. The number of hydrogen-bond donors (Lipinski definition) is 2. The van der Waals surface area contributed by atoms with E-state index in [-0.39, 0.29) is 17.8 Å². The molecule has 0 radical (unpaired) electrons. The average molecular weight is 405 g/mol. The van der Waals surface area contributed by atoms with Gasteiger partial charge >= 0.3 is 0 Å². The first-order valence-corrected chi connectivity index (χ1v) is 9.25. The van der Waals surface area contributed by atoms with E-state index in [4.69, 9.17) is 9.47 Å². The summed E-state index contributed by atoms with van der Waals surface area (Å²) in [6.45, 7) is 3.71. The Morgan fingerprint density at radius 2 is 1.63 bits per heavy atom. The molecule has 3 aromatic rings. The van der Waals surface area contributed by atoms with Crippen molar-refractivity contribution >= 4 is 23.5 Å². The van der Waals surface area contributed by atoms with Crippen molar-refractivity contribution in [3.05, 3.63) is 71.5 Å². The molecule has 0 unspecified atom stereocenters. The number of carbonyl (C=O) groups is 1. The standard InChI is InChI=1S/C22H23N5O3/c1-14-12-15(2)24-21(23-14)27-22(26-20(28)16-8-6-5-7-9-16)25-18-11-10-17(29-3)13-19(18)30-4/h5-13H,1-4H3,(H2,23,24,25,26,27,28). The quantitative estimate of drug-likeness (QED) is 0.497. The van der Waals surface area contributed by atoms with Crippen LogP contribution in [-0.4, -0.2) is 36.1 Å². The highest BCUT2D eigenvalue weighted by Crippen LogP contribution is 2.29. The first-order valence-electron chi connectivity index (χ1n) is 9.25. The molecule has 0 aliphatic carbocycles. The molecule has 0 saturated heterocycles.